The van der Waals surface area contributed by atoms with Crippen molar-refractivity contribution < 1.29 is 19.5 Å². The fourth-order valence-electron chi connectivity index (χ4n) is 2.08. The topological polar surface area (TPSA) is 86.7 Å². The summed E-state index contributed by atoms with van der Waals surface area (Å²) in [5.74, 6) is -1.44. The molecular formula is C12H20N2O4. The molecular weight excluding hydrogens is 236 g/mol. The lowest BCUT2D eigenvalue weighted by Crippen LogP contribution is -2.49. The number of hydrogen-bond donors (Lipinski definition) is 2. The predicted molar refractivity (Wildman–Crippen MR) is 64.9 cm³/mol. The Hall–Kier alpha value is -1.59. The van der Waals surface area contributed by atoms with Gasteiger partial charge in [-0.05, 0) is 19.3 Å². The van der Waals surface area contributed by atoms with Crippen LogP contribution in [0.4, 0.5) is 0 Å². The van der Waals surface area contributed by atoms with Crippen LogP contribution in [-0.2, 0) is 14.4 Å². The highest BCUT2D eigenvalue weighted by molar-refractivity contribution is 5.89. The normalized spacial score (nSPS) is 19.8. The van der Waals surface area contributed by atoms with Crippen LogP contribution in [0.5, 0.6) is 0 Å². The Labute approximate surface area is 106 Å². The molecule has 2 amide bonds. The van der Waals surface area contributed by atoms with Crippen LogP contribution in [0.25, 0.3) is 0 Å². The van der Waals surface area contributed by atoms with E-state index in [0.29, 0.717) is 25.8 Å². The van der Waals surface area contributed by atoms with E-state index in [1.54, 1.807) is 0 Å². The molecule has 1 unspecified atom stereocenters. The molecule has 1 fully saturated rings. The molecule has 0 aliphatic carbocycles. The van der Waals surface area contributed by atoms with Crippen molar-refractivity contribution in [3.05, 3.63) is 0 Å². The zero-order valence-corrected chi connectivity index (χ0v) is 10.6. The van der Waals surface area contributed by atoms with Crippen molar-refractivity contribution in [1.29, 1.82) is 0 Å². The van der Waals surface area contributed by atoms with Crippen LogP contribution in [0, 0.1) is 0 Å². The summed E-state index contributed by atoms with van der Waals surface area (Å²) in [5.41, 5.74) is 0. The Kier molecular flexibility index (Phi) is 5.61. The summed E-state index contributed by atoms with van der Waals surface area (Å²) in [5, 5.41) is 11.5. The van der Waals surface area contributed by atoms with Crippen LogP contribution in [-0.4, -0.2) is 46.9 Å². The molecule has 1 aliphatic rings. The van der Waals surface area contributed by atoms with E-state index in [1.165, 1.54) is 4.90 Å². The molecule has 0 radical (unpaired) electrons. The highest BCUT2D eigenvalue weighted by atomic mass is 16.4. The van der Waals surface area contributed by atoms with Crippen molar-refractivity contribution in [3.63, 3.8) is 0 Å². The van der Waals surface area contributed by atoms with E-state index in [1.807, 2.05) is 6.92 Å². The third-order valence-electron chi connectivity index (χ3n) is 2.91. The summed E-state index contributed by atoms with van der Waals surface area (Å²) >= 11 is 0. The average Bonchev–Trinajstić information content (AvgIpc) is 2.52. The van der Waals surface area contributed by atoms with Gasteiger partial charge in [-0.15, -0.1) is 0 Å². The second-order valence-corrected chi connectivity index (χ2v) is 4.52. The van der Waals surface area contributed by atoms with Gasteiger partial charge in [-0.2, -0.15) is 0 Å². The van der Waals surface area contributed by atoms with Crippen molar-refractivity contribution in [2.45, 2.75) is 45.1 Å². The minimum absolute atomic E-state index is 0.127. The second-order valence-electron chi connectivity index (χ2n) is 4.52. The molecule has 6 heteroatoms. The van der Waals surface area contributed by atoms with Gasteiger partial charge >= 0.3 is 5.97 Å². The third-order valence-corrected chi connectivity index (χ3v) is 2.91. The Bertz CT molecular complexity index is 326. The van der Waals surface area contributed by atoms with E-state index in [-0.39, 0.29) is 18.4 Å². The lowest BCUT2D eigenvalue weighted by Gasteiger charge is -2.25. The second kappa shape index (κ2) is 6.98. The first kappa shape index (κ1) is 14.5. The molecule has 0 aromatic heterocycles. The molecule has 1 aliphatic heterocycles. The smallest absolute Gasteiger partial charge is 0.323 e. The Morgan fingerprint density at radius 1 is 1.44 bits per heavy atom. The van der Waals surface area contributed by atoms with Crippen LogP contribution in [0.3, 0.4) is 0 Å². The van der Waals surface area contributed by atoms with Gasteiger partial charge in [-0.25, -0.2) is 0 Å². The van der Waals surface area contributed by atoms with Gasteiger partial charge in [0, 0.05) is 13.0 Å². The first-order chi connectivity index (χ1) is 8.54. The van der Waals surface area contributed by atoms with Crippen molar-refractivity contribution >= 4 is 17.8 Å². The number of carboxylic acid groups (broad SMARTS) is 1. The number of aliphatic carboxylic acids is 1. The van der Waals surface area contributed by atoms with Crippen molar-refractivity contribution in [3.8, 4) is 0 Å². The van der Waals surface area contributed by atoms with Gasteiger partial charge in [-0.1, -0.05) is 13.3 Å². The molecule has 0 bridgehead atoms. The number of rotatable bonds is 5. The molecule has 2 N–H and O–H groups in total. The predicted octanol–water partition coefficient (Wildman–Crippen LogP) is 0.368. The summed E-state index contributed by atoms with van der Waals surface area (Å²) in [6, 6.07) is -0.564. The number of carboxylic acids is 1. The zero-order chi connectivity index (χ0) is 13.5. The summed E-state index contributed by atoms with van der Waals surface area (Å²) < 4.78 is 0. The van der Waals surface area contributed by atoms with Gasteiger partial charge in [0.25, 0.3) is 0 Å². The standard InChI is InChI=1S/C12H20N2O4/c1-2-7-14(8-11(16)17)12(18)9-5-3-4-6-10(15)13-9/h9H,2-8H2,1H3,(H,13,15)(H,16,17). The number of nitrogens with zero attached hydrogens (tertiary/aromatic N) is 1. The van der Waals surface area contributed by atoms with Crippen molar-refractivity contribution in [1.82, 2.24) is 10.2 Å². The molecule has 0 spiro atoms. The molecule has 0 aromatic carbocycles. The molecule has 1 atom stereocenters. The molecule has 1 saturated heterocycles. The van der Waals surface area contributed by atoms with Gasteiger partial charge < -0.3 is 15.3 Å². The largest absolute Gasteiger partial charge is 0.480 e. The van der Waals surface area contributed by atoms with Crippen LogP contribution >= 0.6 is 0 Å². The monoisotopic (exact) mass is 256 g/mol. The average molecular weight is 256 g/mol. The lowest BCUT2D eigenvalue weighted by molar-refractivity contribution is -0.145. The van der Waals surface area contributed by atoms with Crippen molar-refractivity contribution in [2.24, 2.45) is 0 Å². The summed E-state index contributed by atoms with van der Waals surface area (Å²) in [7, 11) is 0. The maximum Gasteiger partial charge on any atom is 0.323 e. The minimum atomic E-state index is -1.03. The molecule has 102 valence electrons. The lowest BCUT2D eigenvalue weighted by atomic mass is 10.1. The van der Waals surface area contributed by atoms with Gasteiger partial charge in [-0.3, -0.25) is 14.4 Å². The first-order valence-corrected chi connectivity index (χ1v) is 6.34. The number of carbonyl (C=O) groups is 3. The molecule has 1 heterocycles. The van der Waals surface area contributed by atoms with Gasteiger partial charge in [0.1, 0.15) is 12.6 Å². The summed E-state index contributed by atoms with van der Waals surface area (Å²) in [4.78, 5) is 35.6. The van der Waals surface area contributed by atoms with E-state index in [2.05, 4.69) is 5.32 Å². The van der Waals surface area contributed by atoms with Crippen LogP contribution < -0.4 is 5.32 Å². The maximum absolute atomic E-state index is 12.2. The zero-order valence-electron chi connectivity index (χ0n) is 10.6. The van der Waals surface area contributed by atoms with Crippen molar-refractivity contribution in [2.75, 3.05) is 13.1 Å². The molecule has 1 rings (SSSR count). The van der Waals surface area contributed by atoms with E-state index in [9.17, 15) is 14.4 Å². The quantitative estimate of drug-likeness (QED) is 0.744. The Morgan fingerprint density at radius 3 is 2.78 bits per heavy atom. The third kappa shape index (κ3) is 4.35. The van der Waals surface area contributed by atoms with E-state index in [0.717, 1.165) is 12.8 Å². The van der Waals surface area contributed by atoms with Crippen LogP contribution in [0.2, 0.25) is 0 Å². The van der Waals surface area contributed by atoms with Gasteiger partial charge in [0.15, 0.2) is 0 Å². The van der Waals surface area contributed by atoms with Gasteiger partial charge in [0.2, 0.25) is 11.8 Å². The molecule has 0 aromatic rings. The Morgan fingerprint density at radius 2 is 2.17 bits per heavy atom. The van der Waals surface area contributed by atoms with E-state index < -0.39 is 12.0 Å². The SMILES string of the molecule is CCCN(CC(=O)O)C(=O)C1CCCCC(=O)N1. The molecule has 0 saturated carbocycles. The number of carbonyl (C=O) groups excluding carboxylic acids is 2. The number of nitrogens with one attached hydrogen (secondary N) is 1. The molecule has 18 heavy (non-hydrogen) atoms. The highest BCUT2D eigenvalue weighted by Crippen LogP contribution is 2.12. The van der Waals surface area contributed by atoms with Crippen LogP contribution in [0.1, 0.15) is 39.0 Å². The fraction of sp³-hybridized carbons (Fsp3) is 0.750. The maximum atomic E-state index is 12.2. The molecule has 6 nitrogen and oxygen atoms in total. The van der Waals surface area contributed by atoms with Gasteiger partial charge in [0.05, 0.1) is 0 Å². The Balaban J connectivity index is 2.67. The highest BCUT2D eigenvalue weighted by Gasteiger charge is 2.27. The number of amides is 2. The van der Waals surface area contributed by atoms with Crippen LogP contribution in [0.15, 0.2) is 0 Å². The summed E-state index contributed by atoms with van der Waals surface area (Å²) in [6.07, 6.45) is 3.31. The number of hydrogen-bond acceptors (Lipinski definition) is 3. The summed E-state index contributed by atoms with van der Waals surface area (Å²) in [6.45, 7) is 1.98. The minimum Gasteiger partial charge on any atom is -0.480 e. The first-order valence-electron chi connectivity index (χ1n) is 6.34. The van der Waals surface area contributed by atoms with E-state index in [4.69, 9.17) is 5.11 Å². The fourth-order valence-corrected chi connectivity index (χ4v) is 2.08. The van der Waals surface area contributed by atoms with E-state index >= 15 is 0 Å².